The zero-order chi connectivity index (χ0) is 31.3. The van der Waals surface area contributed by atoms with Crippen molar-refractivity contribution in [1.29, 1.82) is 0 Å². The van der Waals surface area contributed by atoms with E-state index in [9.17, 15) is 0 Å². The number of aliphatic hydroxyl groups is 2. The normalized spacial score (nSPS) is 25.1. The Morgan fingerprint density at radius 1 is 0.326 bits per heavy atom. The highest BCUT2D eigenvalue weighted by Gasteiger charge is 2.26. The van der Waals surface area contributed by atoms with E-state index in [0.717, 1.165) is 40.6 Å². The summed E-state index contributed by atoms with van der Waals surface area (Å²) in [6.07, 6.45) is 45.8. The van der Waals surface area contributed by atoms with Gasteiger partial charge in [0.05, 0.1) is 26.4 Å². The number of hydrogen-bond acceptors (Lipinski definition) is 5. The van der Waals surface area contributed by atoms with Crippen LogP contribution in [0.2, 0.25) is 0 Å². The summed E-state index contributed by atoms with van der Waals surface area (Å²) in [6.45, 7) is 3.26. The topological polar surface area (TPSA) is 74.8 Å². The number of aliphatic hydroxyl groups excluding tert-OH is 2. The van der Waals surface area contributed by atoms with Crippen LogP contribution in [0, 0.1) is 0 Å². The standard InChI is InChI=1S/3C10H20.C6H10O3.2CH4O/c3*1-2-4-6-8-10-9-7-5-3-1;1(5-3-8-5)7-2-6-4-9-6;2*1-2/h3*1-10H2;5-6H,1-4H2;2*2H,1H3. The predicted octanol–water partition coefficient (Wildman–Crippen LogP) is 10.7. The van der Waals surface area contributed by atoms with Crippen LogP contribution in [0.1, 0.15) is 193 Å². The van der Waals surface area contributed by atoms with Crippen LogP contribution in [0.25, 0.3) is 0 Å². The van der Waals surface area contributed by atoms with Crippen LogP contribution < -0.4 is 0 Å². The summed E-state index contributed by atoms with van der Waals surface area (Å²) in [5.74, 6) is 0. The Kier molecular flexibility index (Phi) is 37.8. The van der Waals surface area contributed by atoms with Crippen molar-refractivity contribution in [2.24, 2.45) is 0 Å². The fourth-order valence-electron chi connectivity index (χ4n) is 5.96. The lowest BCUT2D eigenvalue weighted by Gasteiger charge is -2.05. The van der Waals surface area contributed by atoms with Gasteiger partial charge in [-0.05, 0) is 0 Å². The van der Waals surface area contributed by atoms with Crippen molar-refractivity contribution in [3.63, 3.8) is 0 Å². The van der Waals surface area contributed by atoms with Gasteiger partial charge in [0.2, 0.25) is 0 Å². The smallest absolute Gasteiger partial charge is 0.104 e. The molecule has 0 aromatic rings. The summed E-state index contributed by atoms with van der Waals surface area (Å²) in [4.78, 5) is 0. The zero-order valence-corrected chi connectivity index (χ0v) is 29.3. The summed E-state index contributed by atoms with van der Waals surface area (Å²) in [6, 6.07) is 0. The number of ether oxygens (including phenoxy) is 3. The van der Waals surface area contributed by atoms with Gasteiger partial charge in [-0.15, -0.1) is 0 Å². The van der Waals surface area contributed by atoms with E-state index in [1.807, 2.05) is 0 Å². The highest BCUT2D eigenvalue weighted by atomic mass is 16.6. The largest absolute Gasteiger partial charge is 0.400 e. The minimum absolute atomic E-state index is 0.392. The maximum absolute atomic E-state index is 7.00. The van der Waals surface area contributed by atoms with Crippen LogP contribution in [0.4, 0.5) is 0 Å². The van der Waals surface area contributed by atoms with Crippen molar-refractivity contribution in [3.8, 4) is 0 Å². The average molecular weight is 615 g/mol. The molecule has 5 fully saturated rings. The van der Waals surface area contributed by atoms with E-state index in [-0.39, 0.29) is 0 Å². The highest BCUT2D eigenvalue weighted by Crippen LogP contribution is 2.18. The van der Waals surface area contributed by atoms with Crippen LogP contribution in [0.3, 0.4) is 0 Å². The highest BCUT2D eigenvalue weighted by molar-refractivity contribution is 4.71. The van der Waals surface area contributed by atoms with E-state index < -0.39 is 0 Å². The predicted molar refractivity (Wildman–Crippen MR) is 185 cm³/mol. The van der Waals surface area contributed by atoms with Gasteiger partial charge in [-0.25, -0.2) is 0 Å². The molecule has 0 spiro atoms. The van der Waals surface area contributed by atoms with E-state index >= 15 is 0 Å². The molecule has 0 aromatic carbocycles. The van der Waals surface area contributed by atoms with Crippen LogP contribution in [0.15, 0.2) is 0 Å². The van der Waals surface area contributed by atoms with Gasteiger partial charge in [0.1, 0.15) is 12.2 Å². The van der Waals surface area contributed by atoms with Crippen molar-refractivity contribution in [2.75, 3.05) is 40.6 Å². The summed E-state index contributed by atoms with van der Waals surface area (Å²) < 4.78 is 15.1. The van der Waals surface area contributed by atoms with Crippen LogP contribution in [-0.2, 0) is 14.2 Å². The van der Waals surface area contributed by atoms with E-state index in [2.05, 4.69) is 0 Å². The molecule has 2 N–H and O–H groups in total. The Morgan fingerprint density at radius 2 is 0.442 bits per heavy atom. The van der Waals surface area contributed by atoms with Gasteiger partial charge in [0, 0.05) is 14.2 Å². The van der Waals surface area contributed by atoms with Crippen LogP contribution >= 0.6 is 0 Å². The molecule has 0 bridgehead atoms. The number of rotatable bonds is 4. The molecule has 5 heteroatoms. The third-order valence-corrected chi connectivity index (χ3v) is 8.91. The average Bonchev–Trinajstić information content (AvgIpc) is 4.02. The lowest BCUT2D eigenvalue weighted by Crippen LogP contribution is -2.06. The first-order chi connectivity index (χ1) is 21.4. The molecular weight excluding hydrogens is 536 g/mol. The zero-order valence-electron chi connectivity index (χ0n) is 29.3. The van der Waals surface area contributed by atoms with Gasteiger partial charge in [0.25, 0.3) is 0 Å². The van der Waals surface area contributed by atoms with Crippen molar-refractivity contribution < 1.29 is 24.4 Å². The van der Waals surface area contributed by atoms with Gasteiger partial charge >= 0.3 is 0 Å². The van der Waals surface area contributed by atoms with E-state index in [1.165, 1.54) is 193 Å². The minimum Gasteiger partial charge on any atom is -0.400 e. The number of epoxide rings is 2. The molecule has 2 unspecified atom stereocenters. The summed E-state index contributed by atoms with van der Waals surface area (Å²) in [5.41, 5.74) is 0. The van der Waals surface area contributed by atoms with Crippen LogP contribution in [0.5, 0.6) is 0 Å². The molecule has 2 aliphatic heterocycles. The monoisotopic (exact) mass is 615 g/mol. The molecule has 5 aliphatic rings. The van der Waals surface area contributed by atoms with Crippen molar-refractivity contribution >= 4 is 0 Å². The molecule has 260 valence electrons. The van der Waals surface area contributed by atoms with Crippen molar-refractivity contribution in [1.82, 2.24) is 0 Å². The first-order valence-electron chi connectivity index (χ1n) is 19.2. The second kappa shape index (κ2) is 38.0. The molecule has 2 atom stereocenters. The molecule has 3 saturated carbocycles. The van der Waals surface area contributed by atoms with Gasteiger partial charge in [-0.3, -0.25) is 0 Å². The Balaban J connectivity index is 0.000000526. The molecule has 5 nitrogen and oxygen atoms in total. The first-order valence-corrected chi connectivity index (χ1v) is 19.2. The second-order valence-electron chi connectivity index (χ2n) is 13.1. The fourth-order valence-corrected chi connectivity index (χ4v) is 5.96. The van der Waals surface area contributed by atoms with Crippen molar-refractivity contribution in [3.05, 3.63) is 0 Å². The van der Waals surface area contributed by atoms with Crippen molar-refractivity contribution in [2.45, 2.75) is 205 Å². The van der Waals surface area contributed by atoms with Gasteiger partial charge in [-0.1, -0.05) is 193 Å². The lowest BCUT2D eigenvalue weighted by atomic mass is 10.0. The molecule has 2 heterocycles. The Bertz CT molecular complexity index is 322. The quantitative estimate of drug-likeness (QED) is 0.308. The van der Waals surface area contributed by atoms with E-state index in [1.54, 1.807) is 0 Å². The number of hydrogen-bond donors (Lipinski definition) is 2. The van der Waals surface area contributed by atoms with E-state index in [4.69, 9.17) is 24.4 Å². The van der Waals surface area contributed by atoms with Gasteiger partial charge < -0.3 is 24.4 Å². The van der Waals surface area contributed by atoms with Crippen LogP contribution in [-0.4, -0.2) is 63.1 Å². The first kappa shape index (κ1) is 42.8. The van der Waals surface area contributed by atoms with Gasteiger partial charge in [-0.2, -0.15) is 0 Å². The fraction of sp³-hybridized carbons (Fsp3) is 1.00. The molecular formula is C38H78O5. The third-order valence-electron chi connectivity index (χ3n) is 8.91. The molecule has 0 radical (unpaired) electrons. The van der Waals surface area contributed by atoms with Gasteiger partial charge in [0.15, 0.2) is 0 Å². The molecule has 0 aromatic heterocycles. The molecule has 5 rings (SSSR count). The maximum atomic E-state index is 7.00. The summed E-state index contributed by atoms with van der Waals surface area (Å²) >= 11 is 0. The SMILES string of the molecule is C(OCC1CO1)C1CO1.C1CCCCCCCCC1.C1CCCCCCCCC1.C1CCCCCCCCC1.CO.CO. The molecule has 3 aliphatic carbocycles. The Morgan fingerprint density at radius 3 is 0.535 bits per heavy atom. The Hall–Kier alpha value is -0.200. The lowest BCUT2D eigenvalue weighted by molar-refractivity contribution is 0.102. The third kappa shape index (κ3) is 37.9. The molecule has 2 saturated heterocycles. The summed E-state index contributed by atoms with van der Waals surface area (Å²) in [7, 11) is 2.00. The second-order valence-corrected chi connectivity index (χ2v) is 13.1. The molecule has 0 amide bonds. The summed E-state index contributed by atoms with van der Waals surface area (Å²) in [5, 5.41) is 14.0. The van der Waals surface area contributed by atoms with E-state index in [0.29, 0.717) is 12.2 Å². The Labute approximate surface area is 269 Å². The maximum Gasteiger partial charge on any atom is 0.104 e. The minimum atomic E-state index is 0.392. The molecule has 43 heavy (non-hydrogen) atoms.